The topological polar surface area (TPSA) is 112 Å². The predicted octanol–water partition coefficient (Wildman–Crippen LogP) is 7.23. The smallest absolute Gasteiger partial charge is 0.258 e. The summed E-state index contributed by atoms with van der Waals surface area (Å²) < 4.78 is 88.3. The molecule has 4 aromatic carbocycles. The molecule has 0 unspecified atom stereocenters. The van der Waals surface area contributed by atoms with Gasteiger partial charge in [-0.3, -0.25) is 28.9 Å². The highest BCUT2D eigenvalue weighted by Crippen LogP contribution is 2.66. The van der Waals surface area contributed by atoms with Crippen molar-refractivity contribution in [2.75, 3.05) is 9.80 Å². The number of phenolic OH excluding ortho intramolecular Hbond substituents is 1. The van der Waals surface area contributed by atoms with E-state index in [1.54, 1.807) is 30.3 Å². The minimum atomic E-state index is -2.85. The second kappa shape index (κ2) is 12.5. The second-order valence-corrected chi connectivity index (χ2v) is 14.9. The molecule has 8 nitrogen and oxygen atoms in total. The highest BCUT2D eigenvalue weighted by molar-refractivity contribution is 6.58. The van der Waals surface area contributed by atoms with Crippen LogP contribution in [-0.4, -0.2) is 44.3 Å². The number of ketones is 1. The van der Waals surface area contributed by atoms with E-state index in [1.807, 2.05) is 0 Å². The van der Waals surface area contributed by atoms with Gasteiger partial charge in [-0.25, -0.2) is 31.2 Å². The highest BCUT2D eigenvalue weighted by atomic mass is 35.5. The van der Waals surface area contributed by atoms with Crippen molar-refractivity contribution in [3.8, 4) is 5.75 Å². The third-order valence-electron chi connectivity index (χ3n) is 11.0. The zero-order chi connectivity index (χ0) is 39.5. The molecule has 4 amide bonds. The van der Waals surface area contributed by atoms with E-state index < -0.39 is 110 Å². The number of hydrogen-bond acceptors (Lipinski definition) is 6. The van der Waals surface area contributed by atoms with Gasteiger partial charge >= 0.3 is 0 Å². The Morgan fingerprint density at radius 2 is 1.31 bits per heavy atom. The van der Waals surface area contributed by atoms with Crippen LogP contribution >= 0.6 is 23.2 Å². The van der Waals surface area contributed by atoms with Crippen LogP contribution in [0.5, 0.6) is 5.75 Å². The second-order valence-electron chi connectivity index (χ2n) is 13.7. The van der Waals surface area contributed by atoms with Crippen LogP contribution in [-0.2, 0) is 19.2 Å². The molecule has 2 aliphatic heterocycles. The molecule has 1 N–H and O–H groups in total. The monoisotopic (exact) mass is 798 g/mol. The Labute approximate surface area is 316 Å². The highest BCUT2D eigenvalue weighted by Gasteiger charge is 2.77. The molecule has 2 heterocycles. The molecule has 8 rings (SSSR count). The molecule has 4 aliphatic rings. The molecular formula is C39H22Cl2F6N2O6. The van der Waals surface area contributed by atoms with Gasteiger partial charge < -0.3 is 5.11 Å². The van der Waals surface area contributed by atoms with E-state index in [0.717, 1.165) is 23.1 Å². The lowest BCUT2D eigenvalue weighted by Crippen LogP contribution is -2.60. The van der Waals surface area contributed by atoms with Crippen molar-refractivity contribution in [1.82, 2.24) is 0 Å². The maximum atomic E-state index is 15.2. The molecule has 2 aliphatic carbocycles. The average molecular weight is 800 g/mol. The zero-order valence-corrected chi connectivity index (χ0v) is 29.1. The van der Waals surface area contributed by atoms with Crippen LogP contribution in [0, 0.1) is 52.7 Å². The summed E-state index contributed by atoms with van der Waals surface area (Å²) in [4.78, 5) is 64.8. The number of imide groups is 2. The summed E-state index contributed by atoms with van der Waals surface area (Å²) >= 11 is 14.1. The number of allylic oxidation sites excluding steroid dienone is 2. The molecule has 6 atom stereocenters. The van der Waals surface area contributed by atoms with Gasteiger partial charge in [-0.1, -0.05) is 48.0 Å². The van der Waals surface area contributed by atoms with Gasteiger partial charge in [0.05, 0.1) is 17.5 Å². The Kier molecular flexibility index (Phi) is 8.32. The first-order chi connectivity index (χ1) is 26.0. The van der Waals surface area contributed by atoms with Crippen LogP contribution in [0.1, 0.15) is 40.2 Å². The van der Waals surface area contributed by atoms with E-state index in [4.69, 9.17) is 23.2 Å². The first-order valence-corrected chi connectivity index (χ1v) is 17.3. The van der Waals surface area contributed by atoms with E-state index >= 15 is 8.78 Å². The molecule has 16 heteroatoms. The van der Waals surface area contributed by atoms with Crippen molar-refractivity contribution < 1.29 is 55.4 Å². The molecule has 2 saturated heterocycles. The SMILES string of the molecule is O=C(c1ccccc1)c1ccc(N2C(=O)[C@H]3[C@H](CC=C4[C@H]3C[C@@]3(Cl)C(=O)N(c5c(F)c(F)c(F)c(F)c5F)C(=O)[C@@]3(Cl)[C@H]4c3ccc(O)c(F)c3)C2=O)cc1. The van der Waals surface area contributed by atoms with Gasteiger partial charge in [-0.2, -0.15) is 0 Å². The maximum Gasteiger partial charge on any atom is 0.258 e. The number of fused-ring (bicyclic) bond motifs is 4. The normalized spacial score (nSPS) is 27.2. The van der Waals surface area contributed by atoms with E-state index in [0.29, 0.717) is 5.56 Å². The number of carbonyl (C=O) groups is 5. The van der Waals surface area contributed by atoms with E-state index in [9.17, 15) is 46.6 Å². The summed E-state index contributed by atoms with van der Waals surface area (Å²) in [5, 5.41) is 9.96. The third-order valence-corrected chi connectivity index (χ3v) is 12.4. The summed E-state index contributed by atoms with van der Waals surface area (Å²) in [5.41, 5.74) is -1.30. The van der Waals surface area contributed by atoms with Crippen LogP contribution in [0.15, 0.2) is 84.4 Å². The Hall–Kier alpha value is -5.47. The quantitative estimate of drug-likeness (QED) is 0.0434. The zero-order valence-electron chi connectivity index (χ0n) is 27.6. The van der Waals surface area contributed by atoms with Crippen molar-refractivity contribution in [2.45, 2.75) is 28.5 Å². The van der Waals surface area contributed by atoms with E-state index in [2.05, 4.69) is 0 Å². The number of nitrogens with zero attached hydrogens (tertiary/aromatic N) is 2. The number of phenols is 1. The van der Waals surface area contributed by atoms with Crippen LogP contribution < -0.4 is 9.80 Å². The molecule has 55 heavy (non-hydrogen) atoms. The summed E-state index contributed by atoms with van der Waals surface area (Å²) in [5.74, 6) is -25.2. The molecule has 0 aromatic heterocycles. The number of rotatable bonds is 5. The van der Waals surface area contributed by atoms with Crippen molar-refractivity contribution in [3.05, 3.63) is 136 Å². The molecule has 1 saturated carbocycles. The van der Waals surface area contributed by atoms with Crippen molar-refractivity contribution in [2.24, 2.45) is 17.8 Å². The van der Waals surface area contributed by atoms with Crippen molar-refractivity contribution >= 4 is 64.0 Å². The number of halogens is 8. The average Bonchev–Trinajstić information content (AvgIpc) is 3.52. The minimum Gasteiger partial charge on any atom is -0.505 e. The Morgan fingerprint density at radius 3 is 1.93 bits per heavy atom. The first kappa shape index (κ1) is 36.5. The molecule has 0 spiro atoms. The van der Waals surface area contributed by atoms with Gasteiger partial charge in [0.25, 0.3) is 11.8 Å². The van der Waals surface area contributed by atoms with Gasteiger partial charge in [0, 0.05) is 17.0 Å². The third kappa shape index (κ3) is 4.89. The lowest BCUT2D eigenvalue weighted by atomic mass is 9.56. The van der Waals surface area contributed by atoms with Crippen molar-refractivity contribution in [1.29, 1.82) is 0 Å². The van der Waals surface area contributed by atoms with Gasteiger partial charge in [-0.05, 0) is 60.7 Å². The lowest BCUT2D eigenvalue weighted by Gasteiger charge is -2.50. The number of aromatic hydroxyl groups is 1. The Morgan fingerprint density at radius 1 is 0.709 bits per heavy atom. The largest absolute Gasteiger partial charge is 0.505 e. The van der Waals surface area contributed by atoms with Gasteiger partial charge in [0.1, 0.15) is 5.69 Å². The number of carbonyl (C=O) groups excluding carboxylic acids is 5. The molecular weight excluding hydrogens is 777 g/mol. The van der Waals surface area contributed by atoms with Gasteiger partial charge in [-0.15, -0.1) is 23.2 Å². The van der Waals surface area contributed by atoms with Crippen LogP contribution in [0.3, 0.4) is 0 Å². The minimum absolute atomic E-state index is 0.0976. The summed E-state index contributed by atoms with van der Waals surface area (Å²) in [6.45, 7) is 0. The summed E-state index contributed by atoms with van der Waals surface area (Å²) in [6, 6.07) is 16.8. The Balaban J connectivity index is 1.23. The molecule has 4 aromatic rings. The maximum absolute atomic E-state index is 15.2. The van der Waals surface area contributed by atoms with E-state index in [1.165, 1.54) is 30.3 Å². The number of anilines is 2. The standard InChI is InChI=1S/C39H22Cl2F6N2O6/c40-38-15-22-20(11-12-21-25(22)35(53)48(34(21)52)19-9-6-17(7-10-19)33(51)16-4-2-1-3-5-16)26(18-8-13-24(50)23(42)14-18)39(38,41)37(55)49(36(38)54)32-30(46)28(44)27(43)29(45)31(32)47/h1-11,13-14,21-22,25-26,50H,12,15H2/t21-,22+,25-,26-,38+,39-/m0/s1. The molecule has 3 fully saturated rings. The summed E-state index contributed by atoms with van der Waals surface area (Å²) in [7, 11) is 0. The number of amides is 4. The van der Waals surface area contributed by atoms with E-state index in [-0.39, 0.29) is 39.5 Å². The fourth-order valence-electron chi connectivity index (χ4n) is 8.42. The number of alkyl halides is 2. The fraction of sp³-hybridized carbons (Fsp3) is 0.205. The first-order valence-electron chi connectivity index (χ1n) is 16.6. The molecule has 0 bridgehead atoms. The number of benzene rings is 4. The van der Waals surface area contributed by atoms with Crippen LogP contribution in [0.25, 0.3) is 0 Å². The van der Waals surface area contributed by atoms with Gasteiger partial charge in [0.15, 0.2) is 50.4 Å². The molecule has 280 valence electrons. The van der Waals surface area contributed by atoms with Gasteiger partial charge in [0.2, 0.25) is 17.6 Å². The van der Waals surface area contributed by atoms with Crippen LogP contribution in [0.4, 0.5) is 37.7 Å². The number of hydrogen-bond donors (Lipinski definition) is 1. The Bertz CT molecular complexity index is 2420. The van der Waals surface area contributed by atoms with Crippen LogP contribution in [0.2, 0.25) is 0 Å². The lowest BCUT2D eigenvalue weighted by molar-refractivity contribution is -0.125. The molecule has 0 radical (unpaired) electrons. The predicted molar refractivity (Wildman–Crippen MR) is 183 cm³/mol. The van der Waals surface area contributed by atoms with Crippen molar-refractivity contribution in [3.63, 3.8) is 0 Å². The summed E-state index contributed by atoms with van der Waals surface area (Å²) in [6.07, 6.45) is 0.553. The fourth-order valence-corrected chi connectivity index (χ4v) is 9.35.